The number of nitrogens with one attached hydrogen (secondary N) is 2. The number of anilines is 5. The summed E-state index contributed by atoms with van der Waals surface area (Å²) in [5, 5.41) is 5.89. The number of nitrogens with two attached hydrogens (primary N) is 1. The van der Waals surface area contributed by atoms with Gasteiger partial charge >= 0.3 is 6.18 Å². The van der Waals surface area contributed by atoms with Crippen LogP contribution in [-0.2, 0) is 6.18 Å². The van der Waals surface area contributed by atoms with Crippen molar-refractivity contribution in [2.45, 2.75) is 6.18 Å². The number of benzene rings is 2. The Morgan fingerprint density at radius 1 is 0.800 bits per heavy atom. The second-order valence-electron chi connectivity index (χ2n) is 5.24. The van der Waals surface area contributed by atoms with Crippen LogP contribution in [0.5, 0.6) is 0 Å². The van der Waals surface area contributed by atoms with Crippen LogP contribution < -0.4 is 16.4 Å². The van der Waals surface area contributed by atoms with E-state index in [1.54, 1.807) is 24.3 Å². The van der Waals surface area contributed by atoms with Crippen molar-refractivity contribution < 1.29 is 13.2 Å². The molecule has 0 aliphatic rings. The Kier molecular flexibility index (Phi) is 4.42. The molecule has 8 heteroatoms. The molecule has 1 aromatic heterocycles. The monoisotopic (exact) mass is 345 g/mol. The highest BCUT2D eigenvalue weighted by Crippen LogP contribution is 2.31. The van der Waals surface area contributed by atoms with Crippen LogP contribution in [0.15, 0.2) is 60.9 Å². The highest BCUT2D eigenvalue weighted by atomic mass is 19.4. The van der Waals surface area contributed by atoms with Crippen molar-refractivity contribution in [1.82, 2.24) is 9.97 Å². The maximum absolute atomic E-state index is 12.8. The third-order valence-corrected chi connectivity index (χ3v) is 3.29. The molecule has 128 valence electrons. The van der Waals surface area contributed by atoms with E-state index in [-0.39, 0.29) is 5.69 Å². The number of hydrogen-bond donors (Lipinski definition) is 3. The predicted octanol–water partition coefficient (Wildman–Crippen LogP) is 4.56. The molecule has 2 aromatic carbocycles. The molecule has 0 spiro atoms. The Bertz CT molecular complexity index is 880. The lowest BCUT2D eigenvalue weighted by Gasteiger charge is -2.11. The summed E-state index contributed by atoms with van der Waals surface area (Å²) in [6.07, 6.45) is -3.09. The lowest BCUT2D eigenvalue weighted by atomic mass is 10.2. The molecule has 0 atom stereocenters. The van der Waals surface area contributed by atoms with Crippen molar-refractivity contribution in [3.8, 4) is 0 Å². The molecule has 0 saturated heterocycles. The van der Waals surface area contributed by atoms with Gasteiger partial charge in [-0.15, -0.1) is 0 Å². The van der Waals surface area contributed by atoms with E-state index in [0.717, 1.165) is 17.8 Å². The third kappa shape index (κ3) is 4.37. The zero-order valence-corrected chi connectivity index (χ0v) is 12.9. The van der Waals surface area contributed by atoms with Gasteiger partial charge in [0, 0.05) is 23.1 Å². The van der Waals surface area contributed by atoms with Crippen molar-refractivity contribution in [3.05, 3.63) is 66.5 Å². The first-order valence-corrected chi connectivity index (χ1v) is 7.29. The van der Waals surface area contributed by atoms with Crippen molar-refractivity contribution in [2.24, 2.45) is 0 Å². The number of rotatable bonds is 4. The van der Waals surface area contributed by atoms with Crippen LogP contribution in [0.25, 0.3) is 0 Å². The molecule has 5 nitrogen and oxygen atoms in total. The molecule has 1 heterocycles. The first kappa shape index (κ1) is 16.6. The van der Waals surface area contributed by atoms with Crippen LogP contribution >= 0.6 is 0 Å². The van der Waals surface area contributed by atoms with E-state index >= 15 is 0 Å². The summed E-state index contributed by atoms with van der Waals surface area (Å²) in [5.74, 6) is 0.843. The zero-order valence-electron chi connectivity index (χ0n) is 12.9. The van der Waals surface area contributed by atoms with Gasteiger partial charge in [-0.05, 0) is 36.4 Å². The predicted molar refractivity (Wildman–Crippen MR) is 90.9 cm³/mol. The second-order valence-corrected chi connectivity index (χ2v) is 5.24. The summed E-state index contributed by atoms with van der Waals surface area (Å²) in [6, 6.07) is 13.6. The molecule has 25 heavy (non-hydrogen) atoms. The number of alkyl halides is 3. The molecule has 0 bridgehead atoms. The number of hydrogen-bond acceptors (Lipinski definition) is 5. The number of nitrogens with zero attached hydrogens (tertiary/aromatic N) is 2. The molecule has 0 radical (unpaired) electrons. The topological polar surface area (TPSA) is 75.9 Å². The highest BCUT2D eigenvalue weighted by Gasteiger charge is 2.30. The van der Waals surface area contributed by atoms with Gasteiger partial charge in [0.05, 0.1) is 5.56 Å². The van der Waals surface area contributed by atoms with Gasteiger partial charge in [0.15, 0.2) is 0 Å². The van der Waals surface area contributed by atoms with E-state index in [0.29, 0.717) is 17.3 Å². The quantitative estimate of drug-likeness (QED) is 0.604. The first-order valence-electron chi connectivity index (χ1n) is 7.29. The maximum Gasteiger partial charge on any atom is 0.416 e. The fourth-order valence-corrected chi connectivity index (χ4v) is 2.18. The summed E-state index contributed by atoms with van der Waals surface area (Å²) in [6.45, 7) is 0. The van der Waals surface area contributed by atoms with E-state index in [9.17, 15) is 13.2 Å². The van der Waals surface area contributed by atoms with Gasteiger partial charge in [0.25, 0.3) is 0 Å². The van der Waals surface area contributed by atoms with Crippen LogP contribution in [0.1, 0.15) is 5.56 Å². The Morgan fingerprint density at radius 3 is 2.00 bits per heavy atom. The Balaban J connectivity index is 1.78. The van der Waals surface area contributed by atoms with Gasteiger partial charge in [-0.3, -0.25) is 0 Å². The number of aromatic nitrogens is 2. The molecule has 0 saturated carbocycles. The molecular formula is C17H14F3N5. The van der Waals surface area contributed by atoms with Gasteiger partial charge in [0.1, 0.15) is 18.0 Å². The second kappa shape index (κ2) is 6.68. The summed E-state index contributed by atoms with van der Waals surface area (Å²) in [5.41, 5.74) is 6.60. The van der Waals surface area contributed by atoms with Crippen molar-refractivity contribution in [1.29, 1.82) is 0 Å². The van der Waals surface area contributed by atoms with E-state index in [1.807, 2.05) is 6.07 Å². The first-order chi connectivity index (χ1) is 11.9. The van der Waals surface area contributed by atoms with Gasteiger partial charge in [-0.1, -0.05) is 12.1 Å². The van der Waals surface area contributed by atoms with Crippen molar-refractivity contribution in [3.63, 3.8) is 0 Å². The molecule has 4 N–H and O–H groups in total. The van der Waals surface area contributed by atoms with Gasteiger partial charge in [-0.2, -0.15) is 13.2 Å². The number of nitrogen functional groups attached to an aromatic ring is 1. The van der Waals surface area contributed by atoms with Gasteiger partial charge in [-0.25, -0.2) is 9.97 Å². The summed E-state index contributed by atoms with van der Waals surface area (Å²) in [4.78, 5) is 8.10. The Hall–Kier alpha value is -3.29. The Morgan fingerprint density at radius 2 is 1.40 bits per heavy atom. The third-order valence-electron chi connectivity index (χ3n) is 3.29. The molecule has 3 rings (SSSR count). The zero-order chi connectivity index (χ0) is 17.9. The van der Waals surface area contributed by atoms with E-state index in [2.05, 4.69) is 20.6 Å². The molecule has 0 fully saturated rings. The summed E-state index contributed by atoms with van der Waals surface area (Å²) in [7, 11) is 0. The van der Waals surface area contributed by atoms with Crippen LogP contribution in [0.2, 0.25) is 0 Å². The molecule has 0 amide bonds. The molecule has 0 aliphatic carbocycles. The minimum Gasteiger partial charge on any atom is -0.399 e. The average Bonchev–Trinajstić information content (AvgIpc) is 2.55. The maximum atomic E-state index is 12.8. The largest absolute Gasteiger partial charge is 0.416 e. The lowest BCUT2D eigenvalue weighted by Crippen LogP contribution is -2.05. The van der Waals surface area contributed by atoms with Gasteiger partial charge in [0.2, 0.25) is 0 Å². The number of halogens is 3. The van der Waals surface area contributed by atoms with Crippen LogP contribution in [-0.4, -0.2) is 9.97 Å². The molecule has 0 aliphatic heterocycles. The molecular weight excluding hydrogens is 331 g/mol. The van der Waals surface area contributed by atoms with Gasteiger partial charge < -0.3 is 16.4 Å². The van der Waals surface area contributed by atoms with Crippen molar-refractivity contribution >= 4 is 28.7 Å². The van der Waals surface area contributed by atoms with E-state index < -0.39 is 11.7 Å². The van der Waals surface area contributed by atoms with Crippen molar-refractivity contribution in [2.75, 3.05) is 16.4 Å². The standard InChI is InChI=1S/C17H14F3N5/c18-17(19,20)11-3-1-5-13(7-11)24-15-9-16(23-10-22-15)25-14-6-2-4-12(21)8-14/h1-10H,21H2,(H2,22,23,24,25). The van der Waals surface area contributed by atoms with Crippen LogP contribution in [0, 0.1) is 0 Å². The Labute approximate surface area is 141 Å². The lowest BCUT2D eigenvalue weighted by molar-refractivity contribution is -0.137. The average molecular weight is 345 g/mol. The SMILES string of the molecule is Nc1cccc(Nc2cc(Nc3cccc(C(F)(F)F)c3)ncn2)c1. The summed E-state index contributed by atoms with van der Waals surface area (Å²) >= 11 is 0. The fourth-order valence-electron chi connectivity index (χ4n) is 2.18. The summed E-state index contributed by atoms with van der Waals surface area (Å²) < 4.78 is 38.3. The highest BCUT2D eigenvalue weighted by molar-refractivity contribution is 5.65. The van der Waals surface area contributed by atoms with E-state index in [1.165, 1.54) is 18.5 Å². The smallest absolute Gasteiger partial charge is 0.399 e. The van der Waals surface area contributed by atoms with Crippen LogP contribution in [0.4, 0.5) is 41.9 Å². The molecule has 0 unspecified atom stereocenters. The fraction of sp³-hybridized carbons (Fsp3) is 0.0588. The minimum atomic E-state index is -4.40. The molecule has 3 aromatic rings. The minimum absolute atomic E-state index is 0.281. The normalized spacial score (nSPS) is 11.2. The van der Waals surface area contributed by atoms with Crippen LogP contribution in [0.3, 0.4) is 0 Å². The van der Waals surface area contributed by atoms with E-state index in [4.69, 9.17) is 5.73 Å².